The fraction of sp³-hybridized carbons (Fsp3) is 0.545. The predicted octanol–water partition coefficient (Wildman–Crippen LogP) is 2.06. The van der Waals surface area contributed by atoms with E-state index in [9.17, 15) is 0 Å². The van der Waals surface area contributed by atoms with Crippen molar-refractivity contribution in [2.45, 2.75) is 39.5 Å². The first-order valence-corrected chi connectivity index (χ1v) is 5.44. The minimum absolute atomic E-state index is 0.281. The second-order valence-electron chi connectivity index (χ2n) is 4.41. The van der Waals surface area contributed by atoms with Gasteiger partial charge in [0, 0.05) is 5.92 Å². The smallest absolute Gasteiger partial charge is 0.204 e. The normalized spacial score (nSPS) is 11.6. The molecule has 0 spiro atoms. The van der Waals surface area contributed by atoms with Crippen molar-refractivity contribution in [3.63, 3.8) is 0 Å². The lowest BCUT2D eigenvalue weighted by Gasteiger charge is -2.10. The molecule has 0 fully saturated rings. The van der Waals surface area contributed by atoms with Gasteiger partial charge in [-0.3, -0.25) is 0 Å². The Morgan fingerprint density at radius 3 is 2.38 bits per heavy atom. The van der Waals surface area contributed by atoms with Gasteiger partial charge >= 0.3 is 0 Å². The lowest BCUT2D eigenvalue weighted by atomic mass is 10.1. The maximum atomic E-state index is 4.56. The third-order valence-electron chi connectivity index (χ3n) is 2.36. The van der Waals surface area contributed by atoms with Crippen LogP contribution in [-0.2, 0) is 0 Å². The summed E-state index contributed by atoms with van der Waals surface area (Å²) in [6.07, 6.45) is 1.44. The molecule has 0 radical (unpaired) electrons. The Morgan fingerprint density at radius 2 is 1.75 bits per heavy atom. The van der Waals surface area contributed by atoms with Crippen molar-refractivity contribution in [3.8, 4) is 0 Å². The van der Waals surface area contributed by atoms with Crippen LogP contribution in [0, 0.1) is 0 Å². The molecule has 0 aliphatic carbocycles. The van der Waals surface area contributed by atoms with Crippen LogP contribution in [0.2, 0.25) is 0 Å². The summed E-state index contributed by atoms with van der Waals surface area (Å²) in [5.41, 5.74) is 2.29. The van der Waals surface area contributed by atoms with E-state index in [-0.39, 0.29) is 5.92 Å². The Labute approximate surface area is 94.4 Å². The molecule has 0 aliphatic rings. The maximum Gasteiger partial charge on any atom is 0.204 e. The monoisotopic (exact) mass is 217 g/mol. The van der Waals surface area contributed by atoms with Crippen LogP contribution in [0.15, 0.2) is 6.33 Å². The second-order valence-corrected chi connectivity index (χ2v) is 4.41. The molecule has 0 bridgehead atoms. The lowest BCUT2D eigenvalue weighted by Crippen LogP contribution is -2.06. The minimum Gasteiger partial charge on any atom is -0.235 e. The van der Waals surface area contributed by atoms with Gasteiger partial charge < -0.3 is 0 Å². The predicted molar refractivity (Wildman–Crippen MR) is 61.1 cm³/mol. The highest BCUT2D eigenvalue weighted by Crippen LogP contribution is 2.21. The Kier molecular flexibility index (Phi) is 2.77. The zero-order valence-corrected chi connectivity index (χ0v) is 9.97. The van der Waals surface area contributed by atoms with E-state index in [2.05, 4.69) is 52.8 Å². The summed E-state index contributed by atoms with van der Waals surface area (Å²) in [5, 5.41) is 7.77. The van der Waals surface area contributed by atoms with Crippen molar-refractivity contribution in [1.82, 2.24) is 25.1 Å². The van der Waals surface area contributed by atoms with Gasteiger partial charge in [0.15, 0.2) is 0 Å². The van der Waals surface area contributed by atoms with Crippen LogP contribution in [0.4, 0.5) is 0 Å². The first-order chi connectivity index (χ1) is 7.59. The molecule has 16 heavy (non-hydrogen) atoms. The molecule has 5 nitrogen and oxygen atoms in total. The molecule has 84 valence electrons. The minimum atomic E-state index is 0.281. The van der Waals surface area contributed by atoms with Crippen LogP contribution >= 0.6 is 0 Å². The van der Waals surface area contributed by atoms with Gasteiger partial charge in [-0.25, -0.2) is 15.0 Å². The van der Waals surface area contributed by atoms with Crippen LogP contribution in [0.1, 0.15) is 51.0 Å². The standard InChI is InChI=1S/C11H15N5/c1-6(2)8-9-11(16-13-5-12-9)15-10(14-8)7(3)4/h5-7H,1-4H3. The van der Waals surface area contributed by atoms with E-state index < -0.39 is 0 Å². The number of hydrogen-bond donors (Lipinski definition) is 0. The molecule has 0 saturated carbocycles. The SMILES string of the molecule is CC(C)c1nc(C(C)C)c2ncnnc2n1. The lowest BCUT2D eigenvalue weighted by molar-refractivity contribution is 0.735. The van der Waals surface area contributed by atoms with Crippen LogP contribution in [-0.4, -0.2) is 25.1 Å². The topological polar surface area (TPSA) is 64.5 Å². The Hall–Kier alpha value is -1.65. The molecule has 2 rings (SSSR count). The highest BCUT2D eigenvalue weighted by Gasteiger charge is 2.14. The molecule has 2 aromatic rings. The van der Waals surface area contributed by atoms with Gasteiger partial charge in [-0.15, -0.1) is 10.2 Å². The average Bonchev–Trinajstić information content (AvgIpc) is 2.27. The zero-order chi connectivity index (χ0) is 11.7. The molecular weight excluding hydrogens is 202 g/mol. The summed E-state index contributed by atoms with van der Waals surface area (Å²) in [7, 11) is 0. The third kappa shape index (κ3) is 1.85. The highest BCUT2D eigenvalue weighted by atomic mass is 15.2. The van der Waals surface area contributed by atoms with Gasteiger partial charge in [0.25, 0.3) is 0 Å². The molecule has 5 heteroatoms. The van der Waals surface area contributed by atoms with Gasteiger partial charge in [-0.1, -0.05) is 27.7 Å². The molecule has 0 atom stereocenters. The summed E-state index contributed by atoms with van der Waals surface area (Å²) < 4.78 is 0. The van der Waals surface area contributed by atoms with Crippen LogP contribution in [0.5, 0.6) is 0 Å². The van der Waals surface area contributed by atoms with E-state index >= 15 is 0 Å². The molecule has 0 unspecified atom stereocenters. The second kappa shape index (κ2) is 4.08. The fourth-order valence-corrected chi connectivity index (χ4v) is 1.50. The van der Waals surface area contributed by atoms with Gasteiger partial charge in [0.1, 0.15) is 17.7 Å². The van der Waals surface area contributed by atoms with Crippen molar-refractivity contribution >= 4 is 11.2 Å². The van der Waals surface area contributed by atoms with Crippen molar-refractivity contribution in [3.05, 3.63) is 17.8 Å². The quantitative estimate of drug-likeness (QED) is 0.770. The van der Waals surface area contributed by atoms with Crippen LogP contribution < -0.4 is 0 Å². The van der Waals surface area contributed by atoms with Gasteiger partial charge in [-0.2, -0.15) is 0 Å². The van der Waals surface area contributed by atoms with Crippen molar-refractivity contribution in [2.24, 2.45) is 0 Å². The number of fused-ring (bicyclic) bond motifs is 1. The fourth-order valence-electron chi connectivity index (χ4n) is 1.50. The largest absolute Gasteiger partial charge is 0.235 e. The van der Waals surface area contributed by atoms with E-state index in [0.717, 1.165) is 17.0 Å². The molecule has 0 N–H and O–H groups in total. The summed E-state index contributed by atoms with van der Waals surface area (Å²) in [6.45, 7) is 8.31. The van der Waals surface area contributed by atoms with Crippen molar-refractivity contribution in [2.75, 3.05) is 0 Å². The molecule has 0 amide bonds. The maximum absolute atomic E-state index is 4.56. The van der Waals surface area contributed by atoms with Crippen LogP contribution in [0.25, 0.3) is 11.2 Å². The Balaban J connectivity index is 2.74. The van der Waals surface area contributed by atoms with Crippen molar-refractivity contribution in [1.29, 1.82) is 0 Å². The van der Waals surface area contributed by atoms with E-state index in [1.54, 1.807) is 0 Å². The first kappa shape index (κ1) is 10.9. The van der Waals surface area contributed by atoms with Crippen molar-refractivity contribution < 1.29 is 0 Å². The Morgan fingerprint density at radius 1 is 1.00 bits per heavy atom. The molecule has 2 aromatic heterocycles. The van der Waals surface area contributed by atoms with E-state index in [4.69, 9.17) is 0 Å². The first-order valence-electron chi connectivity index (χ1n) is 5.44. The summed E-state index contributed by atoms with van der Waals surface area (Å²) in [5.74, 6) is 1.39. The summed E-state index contributed by atoms with van der Waals surface area (Å²) in [6, 6.07) is 0. The van der Waals surface area contributed by atoms with Gasteiger partial charge in [0.2, 0.25) is 5.65 Å². The van der Waals surface area contributed by atoms with Crippen LogP contribution in [0.3, 0.4) is 0 Å². The molecule has 0 saturated heterocycles. The Bertz CT molecular complexity index is 507. The molecular formula is C11H15N5. The van der Waals surface area contributed by atoms with E-state index in [1.165, 1.54) is 6.33 Å². The van der Waals surface area contributed by atoms with Gasteiger partial charge in [-0.05, 0) is 5.92 Å². The molecule has 0 aromatic carbocycles. The molecule has 2 heterocycles. The number of nitrogens with zero attached hydrogens (tertiary/aromatic N) is 5. The summed E-state index contributed by atoms with van der Waals surface area (Å²) in [4.78, 5) is 13.1. The van der Waals surface area contributed by atoms with E-state index in [0.29, 0.717) is 11.6 Å². The summed E-state index contributed by atoms with van der Waals surface area (Å²) >= 11 is 0. The highest BCUT2D eigenvalue weighted by molar-refractivity contribution is 5.71. The zero-order valence-electron chi connectivity index (χ0n) is 9.97. The van der Waals surface area contributed by atoms with E-state index in [1.807, 2.05) is 0 Å². The third-order valence-corrected chi connectivity index (χ3v) is 2.36. The number of aromatic nitrogens is 5. The number of hydrogen-bond acceptors (Lipinski definition) is 5. The average molecular weight is 217 g/mol. The molecule has 0 aliphatic heterocycles. The number of rotatable bonds is 2. The van der Waals surface area contributed by atoms with Gasteiger partial charge in [0.05, 0.1) is 5.69 Å².